The van der Waals surface area contributed by atoms with E-state index in [1.54, 1.807) is 6.07 Å². The Morgan fingerprint density at radius 1 is 0.976 bits per heavy atom. The van der Waals surface area contributed by atoms with E-state index < -0.39 is 0 Å². The Morgan fingerprint density at radius 2 is 1.81 bits per heavy atom. The standard InChI is InChI=1S/C35H33N3O4/c1-22-28(25-9-11-33-34(16-25)41-13-12-40-33)6-3-7-29(22)31-10-8-26(18-38-19-27-15-32(39)30(27)20-38)35(37-31)42-21-24-5-2-4-23(14-24)17-36/h2-11,14,16,27,30,32,39H,12-13,15,18-21H2,1H3. The summed E-state index contributed by atoms with van der Waals surface area (Å²) in [6.07, 6.45) is 0.726. The van der Waals surface area contributed by atoms with Crippen LogP contribution in [-0.4, -0.2) is 47.4 Å². The van der Waals surface area contributed by atoms with E-state index >= 15 is 0 Å². The molecule has 3 aromatic carbocycles. The van der Waals surface area contributed by atoms with E-state index in [9.17, 15) is 10.4 Å². The number of rotatable bonds is 7. The van der Waals surface area contributed by atoms with Gasteiger partial charge in [0.05, 0.1) is 23.4 Å². The van der Waals surface area contributed by atoms with Crippen LogP contribution in [0, 0.1) is 30.1 Å². The zero-order valence-corrected chi connectivity index (χ0v) is 23.6. The third-order valence-corrected chi connectivity index (χ3v) is 8.83. The van der Waals surface area contributed by atoms with Gasteiger partial charge in [-0.05, 0) is 71.8 Å². The first-order valence-corrected chi connectivity index (χ1v) is 14.6. The van der Waals surface area contributed by atoms with Gasteiger partial charge in [0.2, 0.25) is 5.88 Å². The molecule has 212 valence electrons. The summed E-state index contributed by atoms with van der Waals surface area (Å²) in [4.78, 5) is 7.47. The fourth-order valence-corrected chi connectivity index (χ4v) is 6.52. The van der Waals surface area contributed by atoms with Crippen LogP contribution < -0.4 is 14.2 Å². The molecule has 3 heterocycles. The molecular weight excluding hydrogens is 526 g/mol. The van der Waals surface area contributed by atoms with Crippen LogP contribution in [0.4, 0.5) is 0 Å². The van der Waals surface area contributed by atoms with E-state index in [1.807, 2.05) is 30.3 Å². The molecular formula is C35H33N3O4. The Labute approximate surface area is 245 Å². The molecule has 0 spiro atoms. The molecule has 0 amide bonds. The average molecular weight is 560 g/mol. The summed E-state index contributed by atoms with van der Waals surface area (Å²) in [7, 11) is 0. The van der Waals surface area contributed by atoms with Crippen molar-refractivity contribution in [3.8, 4) is 45.8 Å². The van der Waals surface area contributed by atoms with Crippen LogP contribution in [0.25, 0.3) is 22.4 Å². The summed E-state index contributed by atoms with van der Waals surface area (Å²) < 4.78 is 17.9. The number of hydrogen-bond donors (Lipinski definition) is 1. The fraction of sp³-hybridized carbons (Fsp3) is 0.314. The van der Waals surface area contributed by atoms with Crippen molar-refractivity contribution < 1.29 is 19.3 Å². The molecule has 1 N–H and O–H groups in total. The maximum Gasteiger partial charge on any atom is 0.218 e. The van der Waals surface area contributed by atoms with Crippen LogP contribution >= 0.6 is 0 Å². The minimum absolute atomic E-state index is 0.173. The van der Waals surface area contributed by atoms with Gasteiger partial charge in [-0.2, -0.15) is 5.26 Å². The maximum atomic E-state index is 10.2. The topological polar surface area (TPSA) is 87.8 Å². The van der Waals surface area contributed by atoms with Crippen LogP contribution in [0.2, 0.25) is 0 Å². The summed E-state index contributed by atoms with van der Waals surface area (Å²) in [6.45, 7) is 6.16. The number of benzene rings is 3. The lowest BCUT2D eigenvalue weighted by Crippen LogP contribution is -2.39. The average Bonchev–Trinajstić information content (AvgIpc) is 3.36. The first-order valence-electron chi connectivity index (χ1n) is 14.6. The van der Waals surface area contributed by atoms with Crippen molar-refractivity contribution >= 4 is 0 Å². The number of likely N-dealkylation sites (tertiary alicyclic amines) is 1. The van der Waals surface area contributed by atoms with Crippen molar-refractivity contribution in [3.63, 3.8) is 0 Å². The SMILES string of the molecule is Cc1c(-c2ccc3c(c2)OCCO3)cccc1-c1ccc(CN2CC3CC(O)C3C2)c(OCc2cccc(C#N)c2)n1. The molecule has 3 atom stereocenters. The fourth-order valence-electron chi connectivity index (χ4n) is 6.52. The second kappa shape index (κ2) is 11.1. The number of ether oxygens (including phenoxy) is 3. The number of nitriles is 1. The molecule has 4 aromatic rings. The molecule has 1 aromatic heterocycles. The zero-order valence-electron chi connectivity index (χ0n) is 23.6. The highest BCUT2D eigenvalue weighted by atomic mass is 16.6. The molecule has 1 saturated carbocycles. The number of hydrogen-bond acceptors (Lipinski definition) is 7. The number of aromatic nitrogens is 1. The van der Waals surface area contributed by atoms with E-state index in [2.05, 4.69) is 54.3 Å². The van der Waals surface area contributed by atoms with Crippen molar-refractivity contribution in [1.29, 1.82) is 5.26 Å². The van der Waals surface area contributed by atoms with E-state index in [-0.39, 0.29) is 6.10 Å². The minimum Gasteiger partial charge on any atom is -0.486 e. The molecule has 0 radical (unpaired) electrons. The smallest absolute Gasteiger partial charge is 0.218 e. The van der Waals surface area contributed by atoms with Gasteiger partial charge in [0.25, 0.3) is 0 Å². The zero-order chi connectivity index (χ0) is 28.6. The van der Waals surface area contributed by atoms with Gasteiger partial charge in [0, 0.05) is 36.7 Å². The van der Waals surface area contributed by atoms with E-state index in [4.69, 9.17) is 19.2 Å². The molecule has 7 nitrogen and oxygen atoms in total. The third-order valence-electron chi connectivity index (χ3n) is 8.83. The second-order valence-corrected chi connectivity index (χ2v) is 11.5. The second-order valence-electron chi connectivity index (χ2n) is 11.5. The predicted molar refractivity (Wildman–Crippen MR) is 159 cm³/mol. The summed E-state index contributed by atoms with van der Waals surface area (Å²) in [5, 5.41) is 19.5. The van der Waals surface area contributed by atoms with Crippen molar-refractivity contribution in [3.05, 3.63) is 95.1 Å². The van der Waals surface area contributed by atoms with Gasteiger partial charge >= 0.3 is 0 Å². The van der Waals surface area contributed by atoms with Gasteiger partial charge in [-0.25, -0.2) is 4.98 Å². The molecule has 3 aliphatic rings. The van der Waals surface area contributed by atoms with Crippen molar-refractivity contribution in [1.82, 2.24) is 9.88 Å². The molecule has 2 aliphatic heterocycles. The molecule has 7 rings (SSSR count). The molecule has 2 fully saturated rings. The van der Waals surface area contributed by atoms with Gasteiger partial charge in [-0.1, -0.05) is 42.5 Å². The largest absolute Gasteiger partial charge is 0.486 e. The Hall–Kier alpha value is -4.38. The summed E-state index contributed by atoms with van der Waals surface area (Å²) in [5.41, 5.74) is 7.72. The quantitative estimate of drug-likeness (QED) is 0.308. The molecule has 42 heavy (non-hydrogen) atoms. The van der Waals surface area contributed by atoms with E-state index in [0.717, 1.165) is 76.6 Å². The number of fused-ring (bicyclic) bond motifs is 2. The van der Waals surface area contributed by atoms with Crippen LogP contribution in [0.15, 0.2) is 72.8 Å². The predicted octanol–water partition coefficient (Wildman–Crippen LogP) is 5.76. The van der Waals surface area contributed by atoms with Crippen LogP contribution in [0.5, 0.6) is 17.4 Å². The Kier molecular flexibility index (Phi) is 7.02. The van der Waals surface area contributed by atoms with Crippen molar-refractivity contribution in [2.75, 3.05) is 26.3 Å². The monoisotopic (exact) mass is 559 g/mol. The number of pyridine rings is 1. The number of nitrogens with zero attached hydrogens (tertiary/aromatic N) is 3. The number of aliphatic hydroxyl groups is 1. The van der Waals surface area contributed by atoms with Gasteiger partial charge in [0.1, 0.15) is 19.8 Å². The van der Waals surface area contributed by atoms with Crippen molar-refractivity contribution in [2.45, 2.75) is 32.6 Å². The highest BCUT2D eigenvalue weighted by molar-refractivity contribution is 5.78. The minimum atomic E-state index is -0.173. The van der Waals surface area contributed by atoms with E-state index in [1.165, 1.54) is 0 Å². The molecule has 3 unspecified atom stereocenters. The molecule has 0 bridgehead atoms. The summed E-state index contributed by atoms with van der Waals surface area (Å²) >= 11 is 0. The highest BCUT2D eigenvalue weighted by Crippen LogP contribution is 2.42. The lowest BCUT2D eigenvalue weighted by molar-refractivity contribution is -0.00435. The third kappa shape index (κ3) is 5.09. The van der Waals surface area contributed by atoms with E-state index in [0.29, 0.717) is 43.1 Å². The lowest BCUT2D eigenvalue weighted by atomic mass is 9.74. The first kappa shape index (κ1) is 26.5. The highest BCUT2D eigenvalue weighted by Gasteiger charge is 2.46. The normalized spacial score (nSPS) is 20.8. The molecule has 7 heteroatoms. The molecule has 1 aliphatic carbocycles. The Bertz CT molecular complexity index is 1680. The summed E-state index contributed by atoms with van der Waals surface area (Å²) in [6, 6.07) is 26.2. The molecule has 1 saturated heterocycles. The first-order chi connectivity index (χ1) is 20.6. The summed E-state index contributed by atoms with van der Waals surface area (Å²) in [5.74, 6) is 3.10. The van der Waals surface area contributed by atoms with Crippen molar-refractivity contribution in [2.24, 2.45) is 11.8 Å². The maximum absolute atomic E-state index is 10.2. The van der Waals surface area contributed by atoms with Gasteiger partial charge in [-0.15, -0.1) is 0 Å². The Morgan fingerprint density at radius 3 is 2.64 bits per heavy atom. The van der Waals surface area contributed by atoms with Gasteiger partial charge < -0.3 is 19.3 Å². The van der Waals surface area contributed by atoms with Crippen LogP contribution in [-0.2, 0) is 13.2 Å². The Balaban J connectivity index is 1.20. The van der Waals surface area contributed by atoms with Crippen LogP contribution in [0.3, 0.4) is 0 Å². The number of aliphatic hydroxyl groups excluding tert-OH is 1. The van der Waals surface area contributed by atoms with Gasteiger partial charge in [0.15, 0.2) is 11.5 Å². The lowest BCUT2D eigenvalue weighted by Gasteiger charge is -2.35. The van der Waals surface area contributed by atoms with Gasteiger partial charge in [-0.3, -0.25) is 4.90 Å². The van der Waals surface area contributed by atoms with Crippen LogP contribution in [0.1, 0.15) is 28.7 Å².